The van der Waals surface area contributed by atoms with Gasteiger partial charge in [0.05, 0.1) is 17.1 Å². The van der Waals surface area contributed by atoms with Crippen LogP contribution in [-0.4, -0.2) is 27.0 Å². The van der Waals surface area contributed by atoms with Crippen LogP contribution in [0, 0.1) is 6.92 Å². The average Bonchev–Trinajstić information content (AvgIpc) is 2.84. The summed E-state index contributed by atoms with van der Waals surface area (Å²) in [6.07, 6.45) is -0.249. The van der Waals surface area contributed by atoms with Gasteiger partial charge in [-0.25, -0.2) is 8.42 Å². The molecule has 3 aromatic carbocycles. The largest absolute Gasteiger partial charge is 0.476 e. The fraction of sp³-hybridized carbons (Fsp3) is 0.321. The maximum atomic E-state index is 13.7. The van der Waals surface area contributed by atoms with Gasteiger partial charge in [0.2, 0.25) is 0 Å². The predicted molar refractivity (Wildman–Crippen MR) is 140 cm³/mol. The minimum Gasteiger partial charge on any atom is -0.476 e. The predicted octanol–water partition coefficient (Wildman–Crippen LogP) is 5.45. The fourth-order valence-electron chi connectivity index (χ4n) is 4.21. The second kappa shape index (κ2) is 9.38. The number of rotatable bonds is 5. The molecule has 35 heavy (non-hydrogen) atoms. The van der Waals surface area contributed by atoms with E-state index in [-0.39, 0.29) is 22.8 Å². The van der Waals surface area contributed by atoms with E-state index in [0.717, 1.165) is 28.8 Å². The van der Waals surface area contributed by atoms with Crippen molar-refractivity contribution in [2.24, 2.45) is 0 Å². The lowest BCUT2D eigenvalue weighted by molar-refractivity contribution is -0.122. The van der Waals surface area contributed by atoms with Gasteiger partial charge >= 0.3 is 0 Å². The summed E-state index contributed by atoms with van der Waals surface area (Å²) in [4.78, 5) is 13.5. The summed E-state index contributed by atoms with van der Waals surface area (Å²) < 4.78 is 34.9. The molecule has 0 aliphatic carbocycles. The molecule has 184 valence electrons. The molecule has 0 saturated carbocycles. The number of hydrogen-bond acceptors (Lipinski definition) is 4. The molecule has 6 nitrogen and oxygen atoms in total. The number of para-hydroxylation sites is 1. The van der Waals surface area contributed by atoms with Gasteiger partial charge in [0.1, 0.15) is 5.75 Å². The number of carbonyl (C=O) groups is 1. The zero-order chi connectivity index (χ0) is 25.4. The molecular formula is C28H32N2O4S. The number of fused-ring (bicyclic) bond motifs is 1. The van der Waals surface area contributed by atoms with Gasteiger partial charge in [0.25, 0.3) is 15.9 Å². The van der Waals surface area contributed by atoms with Crippen LogP contribution in [0.2, 0.25) is 0 Å². The van der Waals surface area contributed by atoms with Crippen LogP contribution in [0.4, 0.5) is 11.4 Å². The van der Waals surface area contributed by atoms with E-state index in [0.29, 0.717) is 11.4 Å². The lowest BCUT2D eigenvalue weighted by Crippen LogP contribution is -2.49. The van der Waals surface area contributed by atoms with Gasteiger partial charge in [0.15, 0.2) is 6.10 Å². The third-order valence-corrected chi connectivity index (χ3v) is 8.10. The number of amides is 1. The number of ether oxygens (including phenoxy) is 1. The van der Waals surface area contributed by atoms with E-state index in [2.05, 4.69) is 26.1 Å². The maximum Gasteiger partial charge on any atom is 0.267 e. The van der Waals surface area contributed by atoms with Crippen LogP contribution >= 0.6 is 0 Å². The Bertz CT molecular complexity index is 1350. The topological polar surface area (TPSA) is 75.7 Å². The van der Waals surface area contributed by atoms with Crippen molar-refractivity contribution in [3.8, 4) is 5.75 Å². The number of aryl methyl sites for hydroxylation is 2. The molecule has 7 heteroatoms. The van der Waals surface area contributed by atoms with Crippen LogP contribution in [0.1, 0.15) is 44.4 Å². The lowest BCUT2D eigenvalue weighted by atomic mass is 9.86. The summed E-state index contributed by atoms with van der Waals surface area (Å²) in [6, 6.07) is 19.7. The molecule has 0 radical (unpaired) electrons. The van der Waals surface area contributed by atoms with Gasteiger partial charge in [-0.15, -0.1) is 0 Å². The Morgan fingerprint density at radius 2 is 1.77 bits per heavy atom. The van der Waals surface area contributed by atoms with Gasteiger partial charge in [-0.2, -0.15) is 0 Å². The van der Waals surface area contributed by atoms with Gasteiger partial charge < -0.3 is 10.1 Å². The lowest BCUT2D eigenvalue weighted by Gasteiger charge is -2.36. The minimum atomic E-state index is -3.92. The molecule has 1 N–H and O–H groups in total. The molecule has 1 atom stereocenters. The summed E-state index contributed by atoms with van der Waals surface area (Å²) in [5.41, 5.74) is 3.93. The van der Waals surface area contributed by atoms with E-state index >= 15 is 0 Å². The summed E-state index contributed by atoms with van der Waals surface area (Å²) >= 11 is 0. The Balaban J connectivity index is 1.75. The van der Waals surface area contributed by atoms with Crippen molar-refractivity contribution in [1.82, 2.24) is 0 Å². The van der Waals surface area contributed by atoms with Crippen molar-refractivity contribution in [2.45, 2.75) is 57.5 Å². The molecule has 0 fully saturated rings. The monoisotopic (exact) mass is 492 g/mol. The van der Waals surface area contributed by atoms with Gasteiger partial charge in [0, 0.05) is 5.69 Å². The minimum absolute atomic E-state index is 0.128. The van der Waals surface area contributed by atoms with E-state index in [4.69, 9.17) is 4.74 Å². The van der Waals surface area contributed by atoms with Crippen molar-refractivity contribution in [3.63, 3.8) is 0 Å². The SMILES string of the molecule is CCc1cccc(C)c1NC(=O)C1CN(S(=O)(=O)c2ccccc2)c2cc(C(C)(C)C)ccc2O1. The normalized spacial score (nSPS) is 15.8. The number of anilines is 2. The van der Waals surface area contributed by atoms with E-state index in [9.17, 15) is 13.2 Å². The second-order valence-electron chi connectivity index (χ2n) is 9.84. The molecule has 4 rings (SSSR count). The standard InChI is InChI=1S/C28H32N2O4S/c1-6-20-12-10-11-19(2)26(20)29-27(31)25-18-30(35(32,33)22-13-8-7-9-14-22)23-17-21(28(3,4)5)15-16-24(23)34-25/h7-17,25H,6,18H2,1-5H3,(H,29,31). The zero-order valence-corrected chi connectivity index (χ0v) is 21.6. The highest BCUT2D eigenvalue weighted by molar-refractivity contribution is 7.92. The van der Waals surface area contributed by atoms with Crippen LogP contribution in [0.25, 0.3) is 0 Å². The van der Waals surface area contributed by atoms with E-state index in [1.807, 2.05) is 44.2 Å². The molecule has 1 heterocycles. The van der Waals surface area contributed by atoms with Crippen molar-refractivity contribution in [1.29, 1.82) is 0 Å². The quantitative estimate of drug-likeness (QED) is 0.514. The zero-order valence-electron chi connectivity index (χ0n) is 20.8. The summed E-state index contributed by atoms with van der Waals surface area (Å²) in [7, 11) is -3.92. The van der Waals surface area contributed by atoms with Crippen LogP contribution in [-0.2, 0) is 26.7 Å². The van der Waals surface area contributed by atoms with Crippen LogP contribution in [0.3, 0.4) is 0 Å². The van der Waals surface area contributed by atoms with E-state index in [1.165, 1.54) is 4.31 Å². The third-order valence-electron chi connectivity index (χ3n) is 6.31. The first-order valence-corrected chi connectivity index (χ1v) is 13.2. The maximum absolute atomic E-state index is 13.7. The Morgan fingerprint density at radius 3 is 2.43 bits per heavy atom. The number of nitrogens with one attached hydrogen (secondary N) is 1. The van der Waals surface area contributed by atoms with Crippen LogP contribution in [0.5, 0.6) is 5.75 Å². The van der Waals surface area contributed by atoms with Gasteiger partial charge in [-0.3, -0.25) is 9.10 Å². The Hall–Kier alpha value is -3.32. The molecule has 1 amide bonds. The second-order valence-corrected chi connectivity index (χ2v) is 11.7. The molecule has 1 aliphatic heterocycles. The highest BCUT2D eigenvalue weighted by Crippen LogP contribution is 2.40. The first-order chi connectivity index (χ1) is 16.5. The number of hydrogen-bond donors (Lipinski definition) is 1. The van der Waals surface area contributed by atoms with Crippen molar-refractivity contribution >= 4 is 27.3 Å². The van der Waals surface area contributed by atoms with Crippen molar-refractivity contribution in [2.75, 3.05) is 16.2 Å². The molecule has 1 aliphatic rings. The average molecular weight is 493 g/mol. The van der Waals surface area contributed by atoms with Gasteiger partial charge in [-0.05, 0) is 59.7 Å². The first-order valence-electron chi connectivity index (χ1n) is 11.8. The van der Waals surface area contributed by atoms with E-state index in [1.54, 1.807) is 36.4 Å². The Kier molecular flexibility index (Phi) is 6.64. The summed E-state index contributed by atoms with van der Waals surface area (Å²) in [5.74, 6) is -0.0165. The van der Waals surface area contributed by atoms with Crippen LogP contribution < -0.4 is 14.4 Å². The molecule has 0 saturated heterocycles. The number of sulfonamides is 1. The first kappa shape index (κ1) is 24.8. The Labute approximate surface area is 208 Å². The smallest absolute Gasteiger partial charge is 0.267 e. The number of nitrogens with zero attached hydrogens (tertiary/aromatic N) is 1. The fourth-order valence-corrected chi connectivity index (χ4v) is 5.70. The summed E-state index contributed by atoms with van der Waals surface area (Å²) in [5, 5.41) is 2.99. The van der Waals surface area contributed by atoms with Crippen molar-refractivity contribution in [3.05, 3.63) is 83.4 Å². The highest BCUT2D eigenvalue weighted by Gasteiger charge is 2.38. The molecule has 1 unspecified atom stereocenters. The Morgan fingerprint density at radius 1 is 1.06 bits per heavy atom. The van der Waals surface area contributed by atoms with Crippen molar-refractivity contribution < 1.29 is 17.9 Å². The molecule has 0 bridgehead atoms. The molecule has 0 spiro atoms. The molecular weight excluding hydrogens is 460 g/mol. The number of benzene rings is 3. The highest BCUT2D eigenvalue weighted by atomic mass is 32.2. The molecule has 0 aromatic heterocycles. The summed E-state index contributed by atoms with van der Waals surface area (Å²) in [6.45, 7) is 10.0. The molecule has 3 aromatic rings. The van der Waals surface area contributed by atoms with Crippen LogP contribution in [0.15, 0.2) is 71.6 Å². The third kappa shape index (κ3) is 4.91. The number of carbonyl (C=O) groups excluding carboxylic acids is 1. The van der Waals surface area contributed by atoms with Gasteiger partial charge in [-0.1, -0.05) is 70.2 Å². The van der Waals surface area contributed by atoms with E-state index < -0.39 is 16.1 Å².